The summed E-state index contributed by atoms with van der Waals surface area (Å²) in [6.07, 6.45) is 5.60. The van der Waals surface area contributed by atoms with Crippen LogP contribution < -0.4 is 14.4 Å². The molecule has 9 heteroatoms. The Hall–Kier alpha value is -4.14. The van der Waals surface area contributed by atoms with E-state index in [1.165, 1.54) is 0 Å². The van der Waals surface area contributed by atoms with E-state index in [0.717, 1.165) is 46.2 Å². The van der Waals surface area contributed by atoms with Crippen LogP contribution in [-0.2, 0) is 6.54 Å². The molecule has 5 rings (SSSR count). The highest BCUT2D eigenvalue weighted by atomic mass is 16.5. The summed E-state index contributed by atoms with van der Waals surface area (Å²) < 4.78 is 11.0. The van der Waals surface area contributed by atoms with Crippen LogP contribution >= 0.6 is 0 Å². The summed E-state index contributed by atoms with van der Waals surface area (Å²) in [5.74, 6) is 2.41. The third-order valence-corrected chi connectivity index (χ3v) is 5.85. The molecule has 174 valence electrons. The largest absolute Gasteiger partial charge is 0.497 e. The number of H-pyrrole nitrogens is 1. The van der Waals surface area contributed by atoms with Crippen molar-refractivity contribution in [1.29, 1.82) is 0 Å². The van der Waals surface area contributed by atoms with Gasteiger partial charge in [0.25, 0.3) is 0 Å². The molecule has 1 aliphatic rings. The number of aryl methyl sites for hydroxylation is 1. The van der Waals surface area contributed by atoms with Crippen molar-refractivity contribution in [2.45, 2.75) is 19.4 Å². The topological polar surface area (TPSA) is 91.8 Å². The van der Waals surface area contributed by atoms with Crippen molar-refractivity contribution in [2.75, 3.05) is 32.7 Å². The van der Waals surface area contributed by atoms with Gasteiger partial charge in [-0.3, -0.25) is 9.99 Å². The molecule has 0 radical (unpaired) electrons. The summed E-state index contributed by atoms with van der Waals surface area (Å²) in [4.78, 5) is 19.6. The van der Waals surface area contributed by atoms with E-state index in [9.17, 15) is 0 Å². The number of nitrogens with one attached hydrogen (secondary N) is 1. The van der Waals surface area contributed by atoms with Crippen molar-refractivity contribution in [1.82, 2.24) is 24.9 Å². The summed E-state index contributed by atoms with van der Waals surface area (Å²) in [6, 6.07) is 11.9. The molecular formula is C25H27N7O2. The van der Waals surface area contributed by atoms with Gasteiger partial charge in [-0.15, -0.1) is 0 Å². The number of hydrazone groups is 1. The van der Waals surface area contributed by atoms with E-state index in [1.807, 2.05) is 67.9 Å². The summed E-state index contributed by atoms with van der Waals surface area (Å²) >= 11 is 0. The predicted molar refractivity (Wildman–Crippen MR) is 132 cm³/mol. The zero-order valence-electron chi connectivity index (χ0n) is 19.7. The number of methoxy groups -OCH3 is 2. The van der Waals surface area contributed by atoms with Crippen LogP contribution in [0.5, 0.6) is 11.5 Å². The first-order valence-corrected chi connectivity index (χ1v) is 11.1. The molecule has 1 unspecified atom stereocenters. The maximum atomic E-state index is 5.52. The predicted octanol–water partition coefficient (Wildman–Crippen LogP) is 4.03. The second-order valence-corrected chi connectivity index (χ2v) is 8.35. The Labute approximate surface area is 198 Å². The number of likely N-dealkylation sites (N-methyl/N-ethyl adjacent to an activating group) is 1. The second-order valence-electron chi connectivity index (χ2n) is 8.35. The number of ether oxygens (including phenoxy) is 2. The van der Waals surface area contributed by atoms with Crippen molar-refractivity contribution in [3.05, 3.63) is 66.0 Å². The highest BCUT2D eigenvalue weighted by molar-refractivity contribution is 5.82. The van der Waals surface area contributed by atoms with E-state index in [1.54, 1.807) is 14.2 Å². The normalized spacial score (nSPS) is 15.2. The van der Waals surface area contributed by atoms with E-state index in [0.29, 0.717) is 18.0 Å². The fraction of sp³-hybridized carbons (Fsp3) is 0.280. The average Bonchev–Trinajstić information content (AvgIpc) is 3.49. The third kappa shape index (κ3) is 4.36. The maximum absolute atomic E-state index is 5.52. The molecule has 4 aromatic rings. The van der Waals surface area contributed by atoms with Crippen LogP contribution in [0.4, 0.5) is 11.4 Å². The lowest BCUT2D eigenvalue weighted by Gasteiger charge is -2.25. The van der Waals surface area contributed by atoms with E-state index in [2.05, 4.69) is 31.0 Å². The molecule has 2 aromatic carbocycles. The Morgan fingerprint density at radius 1 is 1.00 bits per heavy atom. The molecule has 0 saturated carbocycles. The van der Waals surface area contributed by atoms with E-state index < -0.39 is 0 Å². The molecule has 1 aliphatic heterocycles. The second kappa shape index (κ2) is 9.01. The minimum atomic E-state index is 0.135. The van der Waals surface area contributed by atoms with Crippen LogP contribution in [0.1, 0.15) is 23.1 Å². The maximum Gasteiger partial charge on any atom is 0.126 e. The van der Waals surface area contributed by atoms with E-state index in [-0.39, 0.29) is 5.92 Å². The molecule has 0 amide bonds. The van der Waals surface area contributed by atoms with Gasteiger partial charge in [-0.25, -0.2) is 9.97 Å². The SMILES string of the molecule is COc1cc(OC)cc(N(Cc2ncc(C)[nH]2)c2ccc3ncc(C4C=NN(C)C4)nc3c2)c1. The van der Waals surface area contributed by atoms with E-state index >= 15 is 0 Å². The summed E-state index contributed by atoms with van der Waals surface area (Å²) in [5.41, 5.74) is 5.46. The Bertz CT molecular complexity index is 1330. The van der Waals surface area contributed by atoms with Crippen molar-refractivity contribution in [2.24, 2.45) is 5.10 Å². The first kappa shape index (κ1) is 21.7. The highest BCUT2D eigenvalue weighted by Crippen LogP contribution is 2.35. The smallest absolute Gasteiger partial charge is 0.126 e. The Balaban J connectivity index is 1.58. The Morgan fingerprint density at radius 2 is 1.79 bits per heavy atom. The number of aromatic amines is 1. The number of hydrogen-bond acceptors (Lipinski definition) is 8. The van der Waals surface area contributed by atoms with Gasteiger partial charge in [-0.1, -0.05) is 0 Å². The summed E-state index contributed by atoms with van der Waals surface area (Å²) in [7, 11) is 5.26. The number of hydrogen-bond donors (Lipinski definition) is 1. The molecule has 0 fully saturated rings. The average molecular weight is 458 g/mol. The van der Waals surface area contributed by atoms with Crippen LogP contribution in [0.25, 0.3) is 11.0 Å². The number of anilines is 2. The molecule has 34 heavy (non-hydrogen) atoms. The Morgan fingerprint density at radius 3 is 2.44 bits per heavy atom. The van der Waals surface area contributed by atoms with Crippen molar-refractivity contribution < 1.29 is 9.47 Å². The zero-order chi connectivity index (χ0) is 23.7. The number of benzene rings is 2. The van der Waals surface area contributed by atoms with Gasteiger partial charge in [0.1, 0.15) is 17.3 Å². The third-order valence-electron chi connectivity index (χ3n) is 5.85. The molecule has 2 aromatic heterocycles. The highest BCUT2D eigenvalue weighted by Gasteiger charge is 2.20. The van der Waals surface area contributed by atoms with E-state index in [4.69, 9.17) is 14.5 Å². The molecule has 0 saturated heterocycles. The minimum Gasteiger partial charge on any atom is -0.497 e. The lowest BCUT2D eigenvalue weighted by Crippen LogP contribution is -2.18. The number of fused-ring (bicyclic) bond motifs is 1. The van der Waals surface area contributed by atoms with Gasteiger partial charge < -0.3 is 19.4 Å². The van der Waals surface area contributed by atoms with Gasteiger partial charge in [0.15, 0.2) is 0 Å². The first-order valence-electron chi connectivity index (χ1n) is 11.1. The molecule has 3 heterocycles. The van der Waals surface area contributed by atoms with Crippen molar-refractivity contribution in [3.8, 4) is 11.5 Å². The van der Waals surface area contributed by atoms with Crippen molar-refractivity contribution in [3.63, 3.8) is 0 Å². The molecule has 1 N–H and O–H groups in total. The van der Waals surface area contributed by atoms with Gasteiger partial charge in [0, 0.05) is 67.5 Å². The minimum absolute atomic E-state index is 0.135. The van der Waals surface area contributed by atoms with Crippen LogP contribution in [-0.4, -0.2) is 59.0 Å². The number of rotatable bonds is 7. The van der Waals surface area contributed by atoms with Crippen molar-refractivity contribution >= 4 is 28.6 Å². The van der Waals surface area contributed by atoms with Crippen LogP contribution in [0, 0.1) is 6.92 Å². The van der Waals surface area contributed by atoms with Gasteiger partial charge in [-0.05, 0) is 25.1 Å². The van der Waals surface area contributed by atoms with Gasteiger partial charge in [0.2, 0.25) is 0 Å². The molecule has 0 bridgehead atoms. The molecular weight excluding hydrogens is 430 g/mol. The quantitative estimate of drug-likeness (QED) is 0.448. The number of aromatic nitrogens is 4. The lowest BCUT2D eigenvalue weighted by atomic mass is 10.1. The summed E-state index contributed by atoms with van der Waals surface area (Å²) in [5, 5.41) is 6.25. The fourth-order valence-corrected chi connectivity index (χ4v) is 4.08. The monoisotopic (exact) mass is 457 g/mol. The first-order chi connectivity index (χ1) is 16.5. The van der Waals surface area contributed by atoms with Gasteiger partial charge in [0.05, 0.1) is 43.4 Å². The lowest BCUT2D eigenvalue weighted by molar-refractivity contribution is 0.380. The Kier molecular flexibility index (Phi) is 5.75. The molecule has 0 aliphatic carbocycles. The zero-order valence-corrected chi connectivity index (χ0v) is 19.7. The molecule has 0 spiro atoms. The molecule has 1 atom stereocenters. The van der Waals surface area contributed by atoms with Crippen LogP contribution in [0.2, 0.25) is 0 Å². The van der Waals surface area contributed by atoms with Gasteiger partial charge in [-0.2, -0.15) is 5.10 Å². The number of imidazole rings is 1. The molecule has 9 nitrogen and oxygen atoms in total. The van der Waals surface area contributed by atoms with Crippen LogP contribution in [0.15, 0.2) is 53.9 Å². The number of nitrogens with zero attached hydrogens (tertiary/aromatic N) is 6. The summed E-state index contributed by atoms with van der Waals surface area (Å²) in [6.45, 7) is 3.32. The van der Waals surface area contributed by atoms with Crippen LogP contribution in [0.3, 0.4) is 0 Å². The standard InChI is InChI=1S/C25H27N7O2/c1-16-11-27-25(29-16)15-32(19-7-20(33-3)10-21(8-19)34-4)18-5-6-22-23(9-18)30-24(13-26-22)17-12-28-31(2)14-17/h5-13,17H,14-15H2,1-4H3,(H,27,29). The fourth-order valence-electron chi connectivity index (χ4n) is 4.08. The van der Waals surface area contributed by atoms with Gasteiger partial charge >= 0.3 is 0 Å².